The van der Waals surface area contributed by atoms with E-state index in [9.17, 15) is 0 Å². The molecule has 10 heterocycles. The first-order chi connectivity index (χ1) is 21.5. The largest absolute Gasteiger partial charge is 0.473 e. The van der Waals surface area contributed by atoms with Crippen LogP contribution in [0.4, 0.5) is 0 Å². The molecule has 4 fully saturated rings. The highest BCUT2D eigenvalue weighted by Crippen LogP contribution is 2.74. The molecular weight excluding hydrogens is 583 g/mol. The van der Waals surface area contributed by atoms with Crippen LogP contribution in [0, 0.1) is 0 Å². The van der Waals surface area contributed by atoms with Crippen molar-refractivity contribution in [1.29, 1.82) is 0 Å². The lowest BCUT2D eigenvalue weighted by molar-refractivity contribution is 0.0684. The first kappa shape index (κ1) is 24.8. The number of rotatable bonds is 0. The van der Waals surface area contributed by atoms with Crippen molar-refractivity contribution in [2.24, 2.45) is 0 Å². The Kier molecular flexibility index (Phi) is 3.84. The molecule has 6 bridgehead atoms. The fourth-order valence-electron chi connectivity index (χ4n) is 10.7. The average Bonchev–Trinajstić information content (AvgIpc) is 3.79. The fraction of sp³-hybridized carbons (Fsp3) is 0.528. The maximum absolute atomic E-state index is 6.80. The number of hydrogen-bond donors (Lipinski definition) is 0. The van der Waals surface area contributed by atoms with Crippen LogP contribution in [-0.2, 0) is 29.8 Å². The van der Waals surface area contributed by atoms with Crippen molar-refractivity contribution < 1.29 is 18.9 Å². The van der Waals surface area contributed by atoms with E-state index in [1.165, 1.54) is 38.9 Å². The van der Waals surface area contributed by atoms with Crippen molar-refractivity contribution >= 4 is 23.0 Å². The predicted octanol–water partition coefficient (Wildman–Crippen LogP) is 4.88. The molecule has 232 valence electrons. The van der Waals surface area contributed by atoms with E-state index in [0.717, 1.165) is 23.5 Å². The molecule has 8 nitrogen and oxygen atoms in total. The molecule has 45 heavy (non-hydrogen) atoms. The predicted molar refractivity (Wildman–Crippen MR) is 171 cm³/mol. The van der Waals surface area contributed by atoms with Crippen molar-refractivity contribution in [3.63, 3.8) is 0 Å². The van der Waals surface area contributed by atoms with Crippen LogP contribution < -0.4 is 10.6 Å². The van der Waals surface area contributed by atoms with Crippen LogP contribution in [0.25, 0.3) is 0 Å². The van der Waals surface area contributed by atoms with Crippen LogP contribution >= 0.6 is 6.89 Å². The lowest BCUT2D eigenvalue weighted by Gasteiger charge is -2.59. The highest BCUT2D eigenvalue weighted by molar-refractivity contribution is 7.90. The second kappa shape index (κ2) is 6.97. The third-order valence-electron chi connectivity index (χ3n) is 12.6. The quantitative estimate of drug-likeness (QED) is 0.386. The Labute approximate surface area is 264 Å². The Morgan fingerprint density at radius 3 is 1.47 bits per heavy atom. The third kappa shape index (κ3) is 2.35. The molecule has 0 N–H and O–H groups in total. The lowest BCUT2D eigenvalue weighted by atomic mass is 9.82. The van der Waals surface area contributed by atoms with Gasteiger partial charge in [-0.05, 0) is 61.7 Å². The Morgan fingerprint density at radius 1 is 0.578 bits per heavy atom. The number of ether oxygens (including phenoxy) is 4. The third-order valence-corrected chi connectivity index (χ3v) is 17.6. The van der Waals surface area contributed by atoms with Gasteiger partial charge in [-0.2, -0.15) is 0 Å². The van der Waals surface area contributed by atoms with Crippen LogP contribution in [0.3, 0.4) is 0 Å². The molecule has 10 aliphatic heterocycles. The number of hydrogen-bond acceptors (Lipinski definition) is 8. The first-order valence-corrected chi connectivity index (χ1v) is 18.7. The van der Waals surface area contributed by atoms with E-state index in [1.54, 1.807) is 10.6 Å². The van der Waals surface area contributed by atoms with Gasteiger partial charge in [0.25, 0.3) is 23.5 Å². The van der Waals surface area contributed by atoms with Gasteiger partial charge < -0.3 is 28.7 Å². The van der Waals surface area contributed by atoms with E-state index in [4.69, 9.17) is 18.9 Å². The van der Waals surface area contributed by atoms with Crippen molar-refractivity contribution in [3.05, 3.63) is 81.2 Å². The zero-order valence-corrected chi connectivity index (χ0v) is 27.9. The molecule has 0 saturated carbocycles. The van der Waals surface area contributed by atoms with Gasteiger partial charge in [-0.3, -0.25) is 9.80 Å². The van der Waals surface area contributed by atoms with Gasteiger partial charge in [0.1, 0.15) is 32.0 Å². The summed E-state index contributed by atoms with van der Waals surface area (Å²) in [5.74, 6) is 4.04. The summed E-state index contributed by atoms with van der Waals surface area (Å²) in [7, 11) is 0. The monoisotopic (exact) mass is 622 g/mol. The Hall–Kier alpha value is -3.38. The maximum atomic E-state index is 6.80. The summed E-state index contributed by atoms with van der Waals surface area (Å²) in [5.41, 5.74) is 10.2. The zero-order valence-electron chi connectivity index (χ0n) is 27.0. The molecule has 7 atom stereocenters. The molecule has 2 aromatic rings. The summed E-state index contributed by atoms with van der Waals surface area (Å²) in [4.78, 5) is 10.6. The van der Waals surface area contributed by atoms with Gasteiger partial charge in [0, 0.05) is 6.89 Å². The minimum atomic E-state index is -2.34. The average molecular weight is 623 g/mol. The molecule has 0 aliphatic carbocycles. The highest BCUT2D eigenvalue weighted by atomic mass is 31.2. The smallest absolute Gasteiger partial charge is 0.258 e. The minimum absolute atomic E-state index is 0.00667. The molecule has 0 radical (unpaired) electrons. The van der Waals surface area contributed by atoms with Crippen LogP contribution in [0.2, 0.25) is 0 Å². The van der Waals surface area contributed by atoms with Crippen LogP contribution in [0.1, 0.15) is 106 Å². The maximum Gasteiger partial charge on any atom is 0.258 e. The van der Waals surface area contributed by atoms with E-state index in [-0.39, 0.29) is 46.8 Å². The molecule has 10 aliphatic rings. The normalized spacial score (nSPS) is 35.9. The number of benzene rings is 2. The fourth-order valence-corrected chi connectivity index (χ4v) is 17.2. The highest BCUT2D eigenvalue weighted by Gasteiger charge is 2.70. The number of nitrogens with zero attached hydrogens (tertiary/aromatic N) is 4. The topological polar surface area (TPSA) is 49.9 Å². The summed E-state index contributed by atoms with van der Waals surface area (Å²) >= 11 is 0. The van der Waals surface area contributed by atoms with Crippen LogP contribution in [0.5, 0.6) is 0 Å². The van der Waals surface area contributed by atoms with E-state index in [1.807, 2.05) is 0 Å². The summed E-state index contributed by atoms with van der Waals surface area (Å²) in [6.07, 6.45) is 0. The Morgan fingerprint density at radius 2 is 0.978 bits per heavy atom. The van der Waals surface area contributed by atoms with Crippen molar-refractivity contribution in [3.8, 4) is 0 Å². The molecule has 7 unspecified atom stereocenters. The molecule has 4 saturated heterocycles. The van der Waals surface area contributed by atoms with Crippen molar-refractivity contribution in [1.82, 2.24) is 19.6 Å². The second-order valence-electron chi connectivity index (χ2n) is 16.8. The molecule has 1 spiro atoms. The Balaban J connectivity index is 1.35. The molecule has 2 aromatic carbocycles. The van der Waals surface area contributed by atoms with E-state index in [2.05, 4.69) is 92.3 Å². The van der Waals surface area contributed by atoms with Gasteiger partial charge in [-0.25, -0.2) is 0 Å². The van der Waals surface area contributed by atoms with Gasteiger partial charge in [-0.1, -0.05) is 65.8 Å². The van der Waals surface area contributed by atoms with E-state index >= 15 is 0 Å². The van der Waals surface area contributed by atoms with Crippen molar-refractivity contribution in [2.75, 3.05) is 26.4 Å². The van der Waals surface area contributed by atoms with Gasteiger partial charge in [0.15, 0.2) is 0 Å². The molecule has 12 rings (SSSR count). The van der Waals surface area contributed by atoms with Gasteiger partial charge >= 0.3 is 0 Å². The van der Waals surface area contributed by atoms with E-state index < -0.39 is 6.89 Å². The van der Waals surface area contributed by atoms with Gasteiger partial charge in [0.2, 0.25) is 0 Å². The first-order valence-electron chi connectivity index (χ1n) is 16.8. The summed E-state index contributed by atoms with van der Waals surface area (Å²) in [5, 5.41) is 3.23. The lowest BCUT2D eigenvalue weighted by Crippen LogP contribution is -2.62. The summed E-state index contributed by atoms with van der Waals surface area (Å²) < 4.78 is 26.9. The molecular formula is C36H39N4O4P. The second-order valence-corrected chi connectivity index (χ2v) is 20.0. The summed E-state index contributed by atoms with van der Waals surface area (Å²) in [6, 6.07) is 11.1. The molecule has 0 aromatic heterocycles. The van der Waals surface area contributed by atoms with Crippen molar-refractivity contribution in [2.45, 2.75) is 95.3 Å². The zero-order chi connectivity index (χ0) is 30.3. The number of fused-ring (bicyclic) bond motifs is 4. The van der Waals surface area contributed by atoms with Gasteiger partial charge in [-0.15, -0.1) is 0 Å². The van der Waals surface area contributed by atoms with Crippen LogP contribution in [0.15, 0.2) is 47.8 Å². The standard InChI is InChI=1S/C36H39N4O4P/c1-16-33-38-24-13-42-30(38)29-37(16)23(12-41-29)19-8-17(35(2,3)4)10-21-25-14-43-31-32-40-26(15-44-32)22-11-18(36(5,6)7)9-20(24)28(22)45(33,27(19)21)34(40)39(25)31/h8-11,16,23-26,33H,12-15H2,1-7H3. The summed E-state index contributed by atoms with van der Waals surface area (Å²) in [6.45, 7) is 16.9. The Bertz CT molecular complexity index is 1990. The SMILES string of the molecule is CC1C2N3C4=C5OCC(c6cc(C(C)(C)C)cc7c6P26=C2N8C(=C9OCC(c%10cc(C(C)(C)C)cc(c%106)C3CO4)N92)OCC78)N51. The molecule has 0 amide bonds. The minimum Gasteiger partial charge on any atom is -0.473 e. The van der Waals surface area contributed by atoms with E-state index in [0.29, 0.717) is 26.4 Å². The van der Waals surface area contributed by atoms with Gasteiger partial charge in [0.05, 0.1) is 36.0 Å². The molecule has 9 heteroatoms. The van der Waals surface area contributed by atoms with Crippen LogP contribution in [-0.4, -0.2) is 63.4 Å².